The van der Waals surface area contributed by atoms with Crippen LogP contribution in [0, 0.1) is 11.6 Å². The van der Waals surface area contributed by atoms with Crippen molar-refractivity contribution < 1.29 is 36.3 Å². The highest BCUT2D eigenvalue weighted by Gasteiger charge is 2.42. The number of carbonyl (C=O) groups excluding carboxylic acids is 2. The number of amidine groups is 1. The summed E-state index contributed by atoms with van der Waals surface area (Å²) < 4.78 is 79.7. The molecule has 2 aromatic carbocycles. The number of nitrogens with zero attached hydrogens (tertiary/aromatic N) is 4. The normalized spacial score (nSPS) is 20.7. The predicted molar refractivity (Wildman–Crippen MR) is 170 cm³/mol. The number of halogens is 6. The lowest BCUT2D eigenvalue weighted by Gasteiger charge is -2.46. The Balaban J connectivity index is 1.96. The summed E-state index contributed by atoms with van der Waals surface area (Å²) in [6.07, 6.45) is -5.17. The molecule has 0 saturated carbocycles. The lowest BCUT2D eigenvalue weighted by atomic mass is 9.93. The zero-order valence-corrected chi connectivity index (χ0v) is 28.1. The third kappa shape index (κ3) is 7.71. The van der Waals surface area contributed by atoms with Gasteiger partial charge in [0, 0.05) is 53.0 Å². The van der Waals surface area contributed by atoms with Crippen LogP contribution < -0.4 is 5.32 Å². The Hall–Kier alpha value is -3.10. The maximum atomic E-state index is 15.3. The smallest absolute Gasteiger partial charge is 0.417 e. The van der Waals surface area contributed by atoms with Gasteiger partial charge in [0.15, 0.2) is 0 Å². The van der Waals surface area contributed by atoms with Gasteiger partial charge in [-0.25, -0.2) is 13.6 Å². The molecule has 3 atom stereocenters. The topological polar surface area (TPSA) is 77.5 Å². The second-order valence-electron chi connectivity index (χ2n) is 12.7. The summed E-state index contributed by atoms with van der Waals surface area (Å²) in [6.45, 7) is 9.73. The number of piperazine rings is 1. The second-order valence-corrected chi connectivity index (χ2v) is 14.2. The summed E-state index contributed by atoms with van der Waals surface area (Å²) in [4.78, 5) is 35.2. The van der Waals surface area contributed by atoms with Gasteiger partial charge in [-0.2, -0.15) is 13.2 Å². The van der Waals surface area contributed by atoms with Crippen LogP contribution in [-0.2, 0) is 15.7 Å². The number of alkyl halides is 3. The number of thioether (sulfide) groups is 1. The number of rotatable bonds is 5. The van der Waals surface area contributed by atoms with Gasteiger partial charge in [0.05, 0.1) is 34.4 Å². The van der Waals surface area contributed by atoms with Crippen molar-refractivity contribution in [3.63, 3.8) is 0 Å². The lowest BCUT2D eigenvalue weighted by molar-refractivity contribution is -0.137. The van der Waals surface area contributed by atoms with E-state index in [9.17, 15) is 27.2 Å². The van der Waals surface area contributed by atoms with Crippen molar-refractivity contribution in [2.75, 3.05) is 44.8 Å². The van der Waals surface area contributed by atoms with E-state index in [1.54, 1.807) is 30.6 Å². The molecule has 4 rings (SSSR count). The third-order valence-electron chi connectivity index (χ3n) is 7.43. The minimum absolute atomic E-state index is 0.000205. The molecule has 2 heterocycles. The summed E-state index contributed by atoms with van der Waals surface area (Å²) in [5.41, 5.74) is -3.07. The number of amides is 2. The number of hydrogen-bond donors (Lipinski definition) is 1. The minimum Gasteiger partial charge on any atom is -0.444 e. The molecule has 0 spiro atoms. The van der Waals surface area contributed by atoms with Gasteiger partial charge in [0.25, 0.3) is 0 Å². The third-order valence-corrected chi connectivity index (χ3v) is 8.97. The number of anilines is 1. The maximum Gasteiger partial charge on any atom is 0.417 e. The first-order valence-corrected chi connectivity index (χ1v) is 15.9. The molecule has 1 N–H and O–H groups in total. The zero-order valence-electron chi connectivity index (χ0n) is 26.6. The summed E-state index contributed by atoms with van der Waals surface area (Å²) in [6, 6.07) is 0.820. The van der Waals surface area contributed by atoms with E-state index < -0.39 is 69.3 Å². The van der Waals surface area contributed by atoms with E-state index in [-0.39, 0.29) is 40.8 Å². The quantitative estimate of drug-likeness (QED) is 0.207. The molecule has 1 fully saturated rings. The fourth-order valence-electron chi connectivity index (χ4n) is 5.78. The van der Waals surface area contributed by atoms with Crippen LogP contribution in [0.3, 0.4) is 0 Å². The van der Waals surface area contributed by atoms with E-state index in [1.165, 1.54) is 0 Å². The molecule has 2 amide bonds. The number of nitrogens with one attached hydrogen (secondary N) is 1. The number of fused-ring (bicyclic) bond motifs is 2. The number of carbonyl (C=O) groups is 2. The van der Waals surface area contributed by atoms with Gasteiger partial charge in [-0.3, -0.25) is 14.7 Å². The van der Waals surface area contributed by atoms with Gasteiger partial charge in [-0.05, 0) is 60.8 Å². The fourth-order valence-corrected chi connectivity index (χ4v) is 7.16. The van der Waals surface area contributed by atoms with Crippen molar-refractivity contribution in [1.82, 2.24) is 14.7 Å². The number of likely N-dealkylation sites (N-methyl/N-ethyl adjacent to an activating group) is 1. The van der Waals surface area contributed by atoms with Crippen LogP contribution in [0.4, 0.5) is 32.4 Å². The lowest BCUT2D eigenvalue weighted by Crippen LogP contribution is -2.60. The standard InChI is InChI=1S/C31H37ClF5N5O3S/c1-16-11-41(12-17(2)42(16)29(44)45-30(3,4)5)28-20-8-21(31(35,36)37)25(19-9-22(32)24(34)10-23(19)33)27(26(20)38-15-43)46-14-18(39-28)13-40(6)7/h8-10,15-18H,11-14H2,1-7H3,(H,38,43). The molecule has 0 radical (unpaired) electrons. The number of ether oxygens (including phenoxy) is 1. The molecular weight excluding hydrogens is 653 g/mol. The van der Waals surface area contributed by atoms with Gasteiger partial charge in [0.1, 0.15) is 23.1 Å². The highest BCUT2D eigenvalue weighted by Crippen LogP contribution is 2.49. The first-order valence-electron chi connectivity index (χ1n) is 14.6. The Morgan fingerprint density at radius 3 is 2.28 bits per heavy atom. The van der Waals surface area contributed by atoms with Crippen molar-refractivity contribution in [2.45, 2.75) is 69.4 Å². The van der Waals surface area contributed by atoms with E-state index >= 15 is 4.39 Å². The van der Waals surface area contributed by atoms with Crippen molar-refractivity contribution in [2.24, 2.45) is 4.99 Å². The molecule has 8 nitrogen and oxygen atoms in total. The van der Waals surface area contributed by atoms with Crippen molar-refractivity contribution in [3.05, 3.63) is 46.0 Å². The minimum atomic E-state index is -4.99. The summed E-state index contributed by atoms with van der Waals surface area (Å²) in [5.74, 6) is -2.00. The molecule has 0 aliphatic carbocycles. The predicted octanol–water partition coefficient (Wildman–Crippen LogP) is 6.98. The molecule has 2 bridgehead atoms. The number of hydrogen-bond acceptors (Lipinski definition) is 7. The first kappa shape index (κ1) is 35.7. The highest BCUT2D eigenvalue weighted by atomic mass is 35.5. The molecule has 15 heteroatoms. The Labute approximate surface area is 274 Å². The van der Waals surface area contributed by atoms with Crippen molar-refractivity contribution >= 4 is 47.4 Å². The summed E-state index contributed by atoms with van der Waals surface area (Å²) in [5, 5.41) is 1.99. The largest absolute Gasteiger partial charge is 0.444 e. The van der Waals surface area contributed by atoms with Gasteiger partial charge in [0.2, 0.25) is 6.41 Å². The van der Waals surface area contributed by atoms with Gasteiger partial charge >= 0.3 is 12.3 Å². The Bertz CT molecular complexity index is 1520. The molecule has 252 valence electrons. The highest BCUT2D eigenvalue weighted by molar-refractivity contribution is 7.99. The average Bonchev–Trinajstić information content (AvgIpc) is 2.90. The number of benzene rings is 2. The van der Waals surface area contributed by atoms with Crippen molar-refractivity contribution in [3.8, 4) is 11.1 Å². The molecule has 1 saturated heterocycles. The molecule has 2 aliphatic rings. The van der Waals surface area contributed by atoms with Crippen LogP contribution in [0.25, 0.3) is 11.1 Å². The Morgan fingerprint density at radius 2 is 1.74 bits per heavy atom. The Morgan fingerprint density at radius 1 is 1.11 bits per heavy atom. The first-order chi connectivity index (χ1) is 21.3. The van der Waals surface area contributed by atoms with Crippen LogP contribution >= 0.6 is 23.4 Å². The van der Waals surface area contributed by atoms with Crippen LogP contribution in [0.1, 0.15) is 45.7 Å². The fraction of sp³-hybridized carbons (Fsp3) is 0.516. The van der Waals surface area contributed by atoms with Crippen LogP contribution in [0.15, 0.2) is 28.1 Å². The monoisotopic (exact) mass is 689 g/mol. The van der Waals surface area contributed by atoms with Gasteiger partial charge in [-0.15, -0.1) is 11.8 Å². The van der Waals surface area contributed by atoms with Gasteiger partial charge < -0.3 is 19.9 Å². The number of aliphatic imine (C=N–C) groups is 1. The van der Waals surface area contributed by atoms with Crippen LogP contribution in [0.5, 0.6) is 0 Å². The van der Waals surface area contributed by atoms with Crippen LogP contribution in [0.2, 0.25) is 5.02 Å². The average molecular weight is 690 g/mol. The molecule has 3 unspecified atom stereocenters. The molecule has 2 aliphatic heterocycles. The van der Waals surface area contributed by atoms with Crippen molar-refractivity contribution in [1.29, 1.82) is 0 Å². The SMILES string of the molecule is CC1CN(C2=NC(CN(C)C)CSc3c(NC=O)c2cc(C(F)(F)F)c3-c2cc(Cl)c(F)cc2F)CC(C)N1C(=O)OC(C)(C)C. The summed E-state index contributed by atoms with van der Waals surface area (Å²) >= 11 is 6.92. The second kappa shape index (κ2) is 13.6. The molecule has 2 aromatic rings. The van der Waals surface area contributed by atoms with E-state index in [4.69, 9.17) is 21.3 Å². The van der Waals surface area contributed by atoms with E-state index in [0.717, 1.165) is 23.9 Å². The van der Waals surface area contributed by atoms with Crippen LogP contribution in [-0.4, -0.2) is 96.2 Å². The molecule has 0 aromatic heterocycles. The molecule has 46 heavy (non-hydrogen) atoms. The molecular formula is C31H37ClF5N5O3S. The van der Waals surface area contributed by atoms with E-state index in [2.05, 4.69) is 5.32 Å². The van der Waals surface area contributed by atoms with E-state index in [1.807, 2.05) is 32.8 Å². The zero-order chi connectivity index (χ0) is 34.3. The van der Waals surface area contributed by atoms with E-state index in [0.29, 0.717) is 19.0 Å². The maximum absolute atomic E-state index is 15.3. The van der Waals surface area contributed by atoms with Gasteiger partial charge in [-0.1, -0.05) is 11.6 Å². The Kier molecular flexibility index (Phi) is 10.5. The summed E-state index contributed by atoms with van der Waals surface area (Å²) in [7, 11) is 3.67.